The van der Waals surface area contributed by atoms with Crippen molar-refractivity contribution in [3.8, 4) is 5.75 Å². The number of carbonyl (C=O) groups is 1. The van der Waals surface area contributed by atoms with Crippen LogP contribution in [0.5, 0.6) is 5.75 Å². The standard InChI is InChI=1S/C22H21N3O3/c23-15-20(26)28-19-13-11-18(12-14-19)22(21(24)25-27,16-7-3-1-4-8-16)17-9-5-2-6-10-17/h1-14,27H,15,23H2,(H2,24,25). The third-order valence-electron chi connectivity index (χ3n) is 4.59. The first-order valence-corrected chi connectivity index (χ1v) is 8.73. The number of amidine groups is 1. The number of oxime groups is 1. The fraction of sp³-hybridized carbons (Fsp3) is 0.0909. The molecule has 0 aliphatic rings. The van der Waals surface area contributed by atoms with Gasteiger partial charge < -0.3 is 21.4 Å². The second-order valence-electron chi connectivity index (χ2n) is 6.17. The zero-order chi connectivity index (χ0) is 20.0. The van der Waals surface area contributed by atoms with Gasteiger partial charge in [-0.1, -0.05) is 78.0 Å². The Labute approximate surface area is 163 Å². The molecule has 142 valence electrons. The molecule has 28 heavy (non-hydrogen) atoms. The number of benzene rings is 3. The van der Waals surface area contributed by atoms with Gasteiger partial charge in [0.15, 0.2) is 5.84 Å². The predicted molar refractivity (Wildman–Crippen MR) is 107 cm³/mol. The van der Waals surface area contributed by atoms with Crippen molar-refractivity contribution in [3.05, 3.63) is 102 Å². The SMILES string of the molecule is NCC(=O)Oc1ccc(C(C(N)=NO)(c2ccccc2)c2ccccc2)cc1. The van der Waals surface area contributed by atoms with Gasteiger partial charge in [0.05, 0.1) is 6.54 Å². The summed E-state index contributed by atoms with van der Waals surface area (Å²) in [6.45, 7) is -0.205. The highest BCUT2D eigenvalue weighted by molar-refractivity contribution is 5.98. The molecule has 0 aromatic heterocycles. The van der Waals surface area contributed by atoms with Gasteiger partial charge >= 0.3 is 5.97 Å². The molecule has 0 saturated carbocycles. The second kappa shape index (κ2) is 8.37. The maximum Gasteiger partial charge on any atom is 0.325 e. The summed E-state index contributed by atoms with van der Waals surface area (Å²) in [4.78, 5) is 11.4. The van der Waals surface area contributed by atoms with E-state index in [9.17, 15) is 10.0 Å². The Morgan fingerprint density at radius 3 is 1.75 bits per heavy atom. The highest BCUT2D eigenvalue weighted by Gasteiger charge is 2.41. The lowest BCUT2D eigenvalue weighted by Crippen LogP contribution is -2.43. The number of nitrogens with zero attached hydrogens (tertiary/aromatic N) is 1. The number of hydrogen-bond acceptors (Lipinski definition) is 5. The minimum absolute atomic E-state index is 0.0246. The number of rotatable bonds is 6. The van der Waals surface area contributed by atoms with E-state index >= 15 is 0 Å². The molecule has 6 heteroatoms. The second-order valence-corrected chi connectivity index (χ2v) is 6.17. The normalized spacial score (nSPS) is 11.8. The quantitative estimate of drug-likeness (QED) is 0.117. The van der Waals surface area contributed by atoms with Crippen LogP contribution < -0.4 is 16.2 Å². The van der Waals surface area contributed by atoms with Crippen LogP contribution >= 0.6 is 0 Å². The van der Waals surface area contributed by atoms with E-state index in [0.29, 0.717) is 5.75 Å². The van der Waals surface area contributed by atoms with Crippen LogP contribution in [0.2, 0.25) is 0 Å². The molecule has 0 radical (unpaired) electrons. The fourth-order valence-electron chi connectivity index (χ4n) is 3.34. The third kappa shape index (κ3) is 3.45. The summed E-state index contributed by atoms with van der Waals surface area (Å²) >= 11 is 0. The van der Waals surface area contributed by atoms with Crippen LogP contribution in [0.1, 0.15) is 16.7 Å². The molecule has 6 nitrogen and oxygen atoms in total. The van der Waals surface area contributed by atoms with Crippen molar-refractivity contribution in [1.82, 2.24) is 0 Å². The van der Waals surface area contributed by atoms with Gasteiger partial charge in [0.1, 0.15) is 11.2 Å². The highest BCUT2D eigenvalue weighted by atomic mass is 16.5. The van der Waals surface area contributed by atoms with Gasteiger partial charge in [0.25, 0.3) is 0 Å². The van der Waals surface area contributed by atoms with E-state index in [2.05, 4.69) is 5.16 Å². The Morgan fingerprint density at radius 2 is 1.32 bits per heavy atom. The minimum atomic E-state index is -1.02. The van der Waals surface area contributed by atoms with Gasteiger partial charge in [0, 0.05) is 0 Å². The van der Waals surface area contributed by atoms with Crippen LogP contribution in [0.4, 0.5) is 0 Å². The minimum Gasteiger partial charge on any atom is -0.426 e. The molecule has 0 saturated heterocycles. The van der Waals surface area contributed by atoms with Crippen LogP contribution in [0.15, 0.2) is 90.1 Å². The van der Waals surface area contributed by atoms with Crippen LogP contribution in [0.3, 0.4) is 0 Å². The topological polar surface area (TPSA) is 111 Å². The van der Waals surface area contributed by atoms with E-state index in [1.807, 2.05) is 60.7 Å². The van der Waals surface area contributed by atoms with Crippen molar-refractivity contribution < 1.29 is 14.7 Å². The third-order valence-corrected chi connectivity index (χ3v) is 4.59. The van der Waals surface area contributed by atoms with Gasteiger partial charge in [-0.2, -0.15) is 0 Å². The molecule has 3 rings (SSSR count). The van der Waals surface area contributed by atoms with Crippen LogP contribution in [-0.4, -0.2) is 23.6 Å². The van der Waals surface area contributed by atoms with Crippen molar-refractivity contribution >= 4 is 11.8 Å². The molecule has 0 aliphatic carbocycles. The zero-order valence-corrected chi connectivity index (χ0v) is 15.2. The molecule has 0 amide bonds. The number of carbonyl (C=O) groups excluding carboxylic acids is 1. The van der Waals surface area contributed by atoms with Crippen molar-refractivity contribution in [1.29, 1.82) is 0 Å². The van der Waals surface area contributed by atoms with Crippen LogP contribution in [-0.2, 0) is 10.2 Å². The maximum absolute atomic E-state index is 11.4. The lowest BCUT2D eigenvalue weighted by Gasteiger charge is -2.34. The molecule has 0 fully saturated rings. The Balaban J connectivity index is 2.23. The molecular weight excluding hydrogens is 354 g/mol. The van der Waals surface area contributed by atoms with Gasteiger partial charge in [-0.15, -0.1) is 0 Å². The molecule has 3 aromatic rings. The number of esters is 1. The maximum atomic E-state index is 11.4. The van der Waals surface area contributed by atoms with E-state index in [0.717, 1.165) is 16.7 Å². The van der Waals surface area contributed by atoms with Gasteiger partial charge in [-0.3, -0.25) is 4.79 Å². The molecule has 3 aromatic carbocycles. The lowest BCUT2D eigenvalue weighted by atomic mass is 9.68. The van der Waals surface area contributed by atoms with Crippen molar-refractivity contribution in [2.24, 2.45) is 16.6 Å². The first-order chi connectivity index (χ1) is 13.6. The highest BCUT2D eigenvalue weighted by Crippen LogP contribution is 2.40. The molecule has 0 bridgehead atoms. The summed E-state index contributed by atoms with van der Waals surface area (Å²) in [6, 6.07) is 26.0. The summed E-state index contributed by atoms with van der Waals surface area (Å²) in [5, 5.41) is 13.0. The Kier molecular flexibility index (Phi) is 5.72. The van der Waals surface area contributed by atoms with E-state index in [1.165, 1.54) is 0 Å². The molecule has 0 spiro atoms. The van der Waals surface area contributed by atoms with E-state index < -0.39 is 11.4 Å². The number of nitrogens with two attached hydrogens (primary N) is 2. The van der Waals surface area contributed by atoms with E-state index in [1.54, 1.807) is 24.3 Å². The van der Waals surface area contributed by atoms with E-state index in [-0.39, 0.29) is 12.4 Å². The summed E-state index contributed by atoms with van der Waals surface area (Å²) in [5.74, 6) is -0.132. The van der Waals surface area contributed by atoms with Gasteiger partial charge in [-0.25, -0.2) is 0 Å². The zero-order valence-electron chi connectivity index (χ0n) is 15.2. The molecular formula is C22H21N3O3. The first kappa shape index (κ1) is 19.1. The average Bonchev–Trinajstić information content (AvgIpc) is 2.76. The van der Waals surface area contributed by atoms with Crippen LogP contribution in [0.25, 0.3) is 0 Å². The summed E-state index contributed by atoms with van der Waals surface area (Å²) in [5.41, 5.74) is 13.0. The lowest BCUT2D eigenvalue weighted by molar-refractivity contribution is -0.132. The Hall–Kier alpha value is -3.64. The summed E-state index contributed by atoms with van der Waals surface area (Å²) in [6.07, 6.45) is 0. The number of hydrogen-bond donors (Lipinski definition) is 3. The Morgan fingerprint density at radius 1 is 0.857 bits per heavy atom. The molecule has 0 atom stereocenters. The predicted octanol–water partition coefficient (Wildman–Crippen LogP) is 2.63. The van der Waals surface area contributed by atoms with Crippen LogP contribution in [0, 0.1) is 0 Å². The molecule has 0 aliphatic heterocycles. The molecule has 0 unspecified atom stereocenters. The van der Waals surface area contributed by atoms with E-state index in [4.69, 9.17) is 16.2 Å². The summed E-state index contributed by atoms with van der Waals surface area (Å²) in [7, 11) is 0. The number of ether oxygens (including phenoxy) is 1. The average molecular weight is 375 g/mol. The largest absolute Gasteiger partial charge is 0.426 e. The van der Waals surface area contributed by atoms with Gasteiger partial charge in [-0.05, 0) is 28.8 Å². The van der Waals surface area contributed by atoms with Crippen molar-refractivity contribution in [2.45, 2.75) is 5.41 Å². The smallest absolute Gasteiger partial charge is 0.325 e. The monoisotopic (exact) mass is 375 g/mol. The summed E-state index contributed by atoms with van der Waals surface area (Å²) < 4.78 is 5.15. The Bertz CT molecular complexity index is 916. The first-order valence-electron chi connectivity index (χ1n) is 8.73. The molecule has 0 heterocycles. The molecule has 5 N–H and O–H groups in total. The van der Waals surface area contributed by atoms with Crippen molar-refractivity contribution in [3.63, 3.8) is 0 Å². The van der Waals surface area contributed by atoms with Crippen molar-refractivity contribution in [2.75, 3.05) is 6.54 Å². The van der Waals surface area contributed by atoms with Gasteiger partial charge in [0.2, 0.25) is 0 Å². The fourth-order valence-corrected chi connectivity index (χ4v) is 3.34.